The summed E-state index contributed by atoms with van der Waals surface area (Å²) in [6, 6.07) is 14.7. The van der Waals surface area contributed by atoms with E-state index in [9.17, 15) is 4.46 Å². The van der Waals surface area contributed by atoms with Gasteiger partial charge in [-0.1, -0.05) is 35.4 Å². The van der Waals surface area contributed by atoms with E-state index in [4.69, 9.17) is 8.85 Å². The Bertz CT molecular complexity index is 482. The number of aryl methyl sites for hydroxylation is 2. The lowest BCUT2D eigenvalue weighted by atomic mass is 10.2. The molecule has 3 nitrogen and oxygen atoms in total. The van der Waals surface area contributed by atoms with Crippen LogP contribution in [0.4, 0.5) is 0 Å². The van der Waals surface area contributed by atoms with Gasteiger partial charge in [0.05, 0.1) is 0 Å². The largest absolute Gasteiger partial charge is 0.778 e. The van der Waals surface area contributed by atoms with Crippen LogP contribution in [0.15, 0.2) is 48.5 Å². The van der Waals surface area contributed by atoms with Crippen LogP contribution in [0.2, 0.25) is 0 Å². The lowest BCUT2D eigenvalue weighted by molar-refractivity contribution is 0.346. The Morgan fingerprint density at radius 1 is 0.722 bits per heavy atom. The molecule has 0 radical (unpaired) electrons. The summed E-state index contributed by atoms with van der Waals surface area (Å²) in [5.74, 6) is 1.10. The number of hydrogen-bond donors (Lipinski definition) is 0. The van der Waals surface area contributed by atoms with Crippen LogP contribution in [0.3, 0.4) is 0 Å². The van der Waals surface area contributed by atoms with E-state index < -0.39 is 9.17 Å². The lowest BCUT2D eigenvalue weighted by Crippen LogP contribution is -2.19. The van der Waals surface area contributed by atoms with Gasteiger partial charge in [-0.05, 0) is 38.1 Å². The van der Waals surface area contributed by atoms with Crippen molar-refractivity contribution < 1.29 is 13.3 Å². The van der Waals surface area contributed by atoms with E-state index in [-0.39, 0.29) is 0 Å². The lowest BCUT2D eigenvalue weighted by Gasteiger charge is -2.05. The Balaban J connectivity index is 1.96. The maximum absolute atomic E-state index is 11.7. The van der Waals surface area contributed by atoms with Crippen LogP contribution in [0.1, 0.15) is 11.1 Å². The van der Waals surface area contributed by atoms with Crippen LogP contribution in [-0.4, -0.2) is 9.17 Å². The maximum Gasteiger partial charge on any atom is 0.778 e. The molecule has 92 valence electrons. The van der Waals surface area contributed by atoms with Crippen LogP contribution in [0.25, 0.3) is 0 Å². The fraction of sp³-hybridized carbons (Fsp3) is 0.143. The van der Waals surface area contributed by atoms with Crippen molar-refractivity contribution in [2.45, 2.75) is 13.8 Å². The summed E-state index contributed by atoms with van der Waals surface area (Å²) >= 11 is 0. The quantitative estimate of drug-likeness (QED) is 0.790. The highest BCUT2D eigenvalue weighted by molar-refractivity contribution is 6.28. The van der Waals surface area contributed by atoms with Gasteiger partial charge < -0.3 is 8.85 Å². The first-order valence-corrected chi connectivity index (χ1v) is 6.89. The minimum atomic E-state index is -2.57. The van der Waals surface area contributed by atoms with Crippen LogP contribution in [-0.2, 0) is 4.46 Å². The first-order valence-electron chi connectivity index (χ1n) is 5.66. The SMILES string of the molecule is Cc1ccc(O[Si](=O)Oc2ccc(C)cc2)cc1. The molecule has 0 bridgehead atoms. The van der Waals surface area contributed by atoms with Gasteiger partial charge in [-0.2, -0.15) is 0 Å². The number of rotatable bonds is 4. The van der Waals surface area contributed by atoms with Crippen molar-refractivity contribution in [2.24, 2.45) is 0 Å². The minimum absolute atomic E-state index is 0.552. The highest BCUT2D eigenvalue weighted by atomic mass is 28.3. The van der Waals surface area contributed by atoms with E-state index in [1.807, 2.05) is 38.1 Å². The molecule has 2 aromatic rings. The first kappa shape index (κ1) is 12.5. The van der Waals surface area contributed by atoms with E-state index in [0.29, 0.717) is 11.5 Å². The van der Waals surface area contributed by atoms with Crippen molar-refractivity contribution in [3.63, 3.8) is 0 Å². The first-order chi connectivity index (χ1) is 8.63. The highest BCUT2D eigenvalue weighted by Gasteiger charge is 2.13. The van der Waals surface area contributed by atoms with E-state index in [2.05, 4.69) is 0 Å². The average molecular weight is 258 g/mol. The summed E-state index contributed by atoms with van der Waals surface area (Å²) < 4.78 is 22.1. The van der Waals surface area contributed by atoms with Crippen LogP contribution in [0, 0.1) is 13.8 Å². The van der Waals surface area contributed by atoms with Crippen LogP contribution < -0.4 is 8.85 Å². The molecule has 18 heavy (non-hydrogen) atoms. The average Bonchev–Trinajstić information content (AvgIpc) is 2.35. The summed E-state index contributed by atoms with van der Waals surface area (Å²) in [4.78, 5) is 0. The van der Waals surface area contributed by atoms with Crippen LogP contribution >= 0.6 is 0 Å². The zero-order valence-corrected chi connectivity index (χ0v) is 11.3. The van der Waals surface area contributed by atoms with Crippen LogP contribution in [0.5, 0.6) is 11.5 Å². The molecular weight excluding hydrogens is 244 g/mol. The molecule has 0 spiro atoms. The van der Waals surface area contributed by atoms with Crippen molar-refractivity contribution in [2.75, 3.05) is 0 Å². The molecule has 0 heterocycles. The van der Waals surface area contributed by atoms with Gasteiger partial charge in [0.2, 0.25) is 0 Å². The summed E-state index contributed by atoms with van der Waals surface area (Å²) in [6.07, 6.45) is 0. The number of hydrogen-bond acceptors (Lipinski definition) is 3. The van der Waals surface area contributed by atoms with Gasteiger partial charge in [0.15, 0.2) is 0 Å². The van der Waals surface area contributed by atoms with E-state index in [0.717, 1.165) is 11.1 Å². The monoisotopic (exact) mass is 258 g/mol. The second-order valence-electron chi connectivity index (χ2n) is 4.08. The molecule has 0 unspecified atom stereocenters. The molecule has 0 atom stereocenters. The molecule has 0 N–H and O–H groups in total. The van der Waals surface area contributed by atoms with E-state index in [1.54, 1.807) is 24.3 Å². The molecule has 0 aliphatic heterocycles. The molecule has 2 rings (SSSR count). The zero-order chi connectivity index (χ0) is 13.0. The van der Waals surface area contributed by atoms with Crippen molar-refractivity contribution in [1.29, 1.82) is 0 Å². The molecule has 4 heteroatoms. The topological polar surface area (TPSA) is 35.5 Å². The van der Waals surface area contributed by atoms with Crippen molar-refractivity contribution in [3.8, 4) is 11.5 Å². The third-order valence-electron chi connectivity index (χ3n) is 2.44. The Labute approximate surface area is 108 Å². The molecule has 0 fully saturated rings. The second kappa shape index (κ2) is 5.60. The van der Waals surface area contributed by atoms with Gasteiger partial charge in [-0.15, -0.1) is 0 Å². The Kier molecular flexibility index (Phi) is 3.89. The highest BCUT2D eigenvalue weighted by Crippen LogP contribution is 2.14. The van der Waals surface area contributed by atoms with E-state index >= 15 is 0 Å². The molecular formula is C14H14O3Si. The van der Waals surface area contributed by atoms with Crippen molar-refractivity contribution in [3.05, 3.63) is 59.7 Å². The van der Waals surface area contributed by atoms with Gasteiger partial charge >= 0.3 is 9.17 Å². The normalized spacial score (nSPS) is 9.89. The molecule has 2 aromatic carbocycles. The van der Waals surface area contributed by atoms with Gasteiger partial charge in [-0.3, -0.25) is 4.46 Å². The predicted octanol–water partition coefficient (Wildman–Crippen LogP) is 3.18. The summed E-state index contributed by atoms with van der Waals surface area (Å²) in [6.45, 7) is 3.96. The second-order valence-corrected chi connectivity index (χ2v) is 4.99. The summed E-state index contributed by atoms with van der Waals surface area (Å²) in [7, 11) is -2.57. The molecule has 0 amide bonds. The van der Waals surface area contributed by atoms with Gasteiger partial charge in [0, 0.05) is 0 Å². The summed E-state index contributed by atoms with van der Waals surface area (Å²) in [5, 5.41) is 0. The van der Waals surface area contributed by atoms with Crippen molar-refractivity contribution >= 4 is 9.17 Å². The van der Waals surface area contributed by atoms with Gasteiger partial charge in [-0.25, -0.2) is 0 Å². The van der Waals surface area contributed by atoms with Gasteiger partial charge in [0.25, 0.3) is 0 Å². The smallest absolute Gasteiger partial charge is 0.459 e. The fourth-order valence-electron chi connectivity index (χ4n) is 1.43. The maximum atomic E-state index is 11.7. The molecule has 0 saturated carbocycles. The number of benzene rings is 2. The molecule has 0 saturated heterocycles. The Hall–Kier alpha value is -1.94. The Morgan fingerprint density at radius 2 is 1.06 bits per heavy atom. The van der Waals surface area contributed by atoms with Crippen molar-refractivity contribution in [1.82, 2.24) is 0 Å². The third kappa shape index (κ3) is 3.53. The predicted molar refractivity (Wildman–Crippen MR) is 70.1 cm³/mol. The third-order valence-corrected chi connectivity index (χ3v) is 3.25. The standard InChI is InChI=1S/C14H14O3Si/c1-11-3-7-13(8-4-11)16-18(15)17-14-9-5-12(2)6-10-14/h3-10H,1-2H3. The summed E-state index contributed by atoms with van der Waals surface area (Å²) in [5.41, 5.74) is 2.25. The zero-order valence-electron chi connectivity index (χ0n) is 10.3. The molecule has 0 aromatic heterocycles. The minimum Gasteiger partial charge on any atom is -0.459 e. The fourth-order valence-corrected chi connectivity index (χ4v) is 2.12. The molecule has 0 aliphatic carbocycles. The van der Waals surface area contributed by atoms with E-state index in [1.165, 1.54) is 0 Å². The Morgan fingerprint density at radius 3 is 1.39 bits per heavy atom. The molecule has 0 aliphatic rings. The van der Waals surface area contributed by atoms with Gasteiger partial charge in [0.1, 0.15) is 11.5 Å².